The highest BCUT2D eigenvalue weighted by Crippen LogP contribution is 2.22. The molecule has 1 unspecified atom stereocenters. The maximum absolute atomic E-state index is 12.7. The molecule has 1 atom stereocenters. The van der Waals surface area contributed by atoms with Gasteiger partial charge in [-0.3, -0.25) is 9.69 Å². The van der Waals surface area contributed by atoms with Gasteiger partial charge in [0.25, 0.3) is 0 Å². The minimum atomic E-state index is -0.00306. The van der Waals surface area contributed by atoms with E-state index in [0.717, 1.165) is 13.1 Å². The van der Waals surface area contributed by atoms with Gasteiger partial charge < -0.3 is 4.74 Å². The van der Waals surface area contributed by atoms with Gasteiger partial charge in [-0.1, -0.05) is 56.3 Å². The molecule has 23 heavy (non-hydrogen) atoms. The zero-order valence-corrected chi connectivity index (χ0v) is 14.2. The van der Waals surface area contributed by atoms with E-state index in [1.54, 1.807) is 0 Å². The maximum Gasteiger partial charge on any atom is 0.196 e. The first-order chi connectivity index (χ1) is 11.2. The molecule has 0 saturated heterocycles. The van der Waals surface area contributed by atoms with Crippen LogP contribution in [0.3, 0.4) is 0 Å². The van der Waals surface area contributed by atoms with E-state index in [1.165, 1.54) is 0 Å². The van der Waals surface area contributed by atoms with Crippen molar-refractivity contribution in [3.8, 4) is 5.75 Å². The third kappa shape index (κ3) is 4.42. The summed E-state index contributed by atoms with van der Waals surface area (Å²) >= 11 is 0. The molecule has 0 amide bonds. The Hall–Kier alpha value is -2.13. The molecule has 2 aromatic rings. The van der Waals surface area contributed by atoms with Gasteiger partial charge in [0.1, 0.15) is 12.4 Å². The van der Waals surface area contributed by atoms with Crippen molar-refractivity contribution in [3.63, 3.8) is 0 Å². The number of carbonyl (C=O) groups is 1. The van der Waals surface area contributed by atoms with Crippen LogP contribution in [0.5, 0.6) is 5.75 Å². The molecule has 0 fully saturated rings. The molecule has 0 aliphatic rings. The zero-order chi connectivity index (χ0) is 16.7. The van der Waals surface area contributed by atoms with E-state index >= 15 is 0 Å². The SMILES string of the molecule is CCN(CC)C(C)COc1ccccc1C(=O)c1ccccc1. The number of ether oxygens (including phenoxy) is 1. The molecule has 122 valence electrons. The van der Waals surface area contributed by atoms with Crippen molar-refractivity contribution < 1.29 is 9.53 Å². The summed E-state index contributed by atoms with van der Waals surface area (Å²) in [6.45, 7) is 8.99. The molecule has 0 aliphatic carbocycles. The number of para-hydroxylation sites is 1. The largest absolute Gasteiger partial charge is 0.491 e. The van der Waals surface area contributed by atoms with Gasteiger partial charge in [-0.25, -0.2) is 0 Å². The number of rotatable bonds is 8. The summed E-state index contributed by atoms with van der Waals surface area (Å²) in [7, 11) is 0. The van der Waals surface area contributed by atoms with Crippen molar-refractivity contribution in [2.24, 2.45) is 0 Å². The number of hydrogen-bond donors (Lipinski definition) is 0. The van der Waals surface area contributed by atoms with Crippen LogP contribution in [0, 0.1) is 0 Å². The van der Waals surface area contributed by atoms with Gasteiger partial charge in [0.05, 0.1) is 5.56 Å². The first-order valence-corrected chi connectivity index (χ1v) is 8.23. The van der Waals surface area contributed by atoms with Crippen LogP contribution in [-0.2, 0) is 0 Å². The lowest BCUT2D eigenvalue weighted by Gasteiger charge is -2.26. The molecule has 0 bridgehead atoms. The average Bonchev–Trinajstić information content (AvgIpc) is 2.61. The number of carbonyl (C=O) groups excluding carboxylic acids is 1. The molecule has 0 spiro atoms. The van der Waals surface area contributed by atoms with E-state index in [0.29, 0.717) is 29.5 Å². The van der Waals surface area contributed by atoms with Gasteiger partial charge >= 0.3 is 0 Å². The molecule has 2 aromatic carbocycles. The van der Waals surface area contributed by atoms with E-state index in [9.17, 15) is 4.79 Å². The van der Waals surface area contributed by atoms with Crippen LogP contribution in [0.1, 0.15) is 36.7 Å². The standard InChI is InChI=1S/C20H25NO2/c1-4-21(5-2)16(3)15-23-19-14-10-9-13-18(19)20(22)17-11-7-6-8-12-17/h6-14,16H,4-5,15H2,1-3H3. The lowest BCUT2D eigenvalue weighted by atomic mass is 10.0. The summed E-state index contributed by atoms with van der Waals surface area (Å²) in [6, 6.07) is 17.1. The third-order valence-electron chi connectivity index (χ3n) is 4.08. The smallest absolute Gasteiger partial charge is 0.196 e. The van der Waals surface area contributed by atoms with Gasteiger partial charge in [-0.15, -0.1) is 0 Å². The highest BCUT2D eigenvalue weighted by atomic mass is 16.5. The van der Waals surface area contributed by atoms with E-state index in [2.05, 4.69) is 25.7 Å². The third-order valence-corrected chi connectivity index (χ3v) is 4.08. The number of likely N-dealkylation sites (N-methyl/N-ethyl adjacent to an activating group) is 1. The number of nitrogens with zero attached hydrogens (tertiary/aromatic N) is 1. The van der Waals surface area contributed by atoms with E-state index in [1.807, 2.05) is 54.6 Å². The fourth-order valence-corrected chi connectivity index (χ4v) is 2.69. The zero-order valence-electron chi connectivity index (χ0n) is 14.2. The fraction of sp³-hybridized carbons (Fsp3) is 0.350. The first kappa shape index (κ1) is 17.2. The van der Waals surface area contributed by atoms with E-state index in [4.69, 9.17) is 4.74 Å². The van der Waals surface area contributed by atoms with Gasteiger partial charge in [0.2, 0.25) is 0 Å². The topological polar surface area (TPSA) is 29.5 Å². The first-order valence-electron chi connectivity index (χ1n) is 8.23. The maximum atomic E-state index is 12.7. The second kappa shape index (κ2) is 8.49. The molecule has 0 N–H and O–H groups in total. The summed E-state index contributed by atoms with van der Waals surface area (Å²) in [5.41, 5.74) is 1.30. The van der Waals surface area contributed by atoms with Crippen LogP contribution < -0.4 is 4.74 Å². The highest BCUT2D eigenvalue weighted by Gasteiger charge is 2.16. The number of hydrogen-bond acceptors (Lipinski definition) is 3. The predicted octanol–water partition coefficient (Wildman–Crippen LogP) is 4.03. The highest BCUT2D eigenvalue weighted by molar-refractivity contribution is 6.10. The number of benzene rings is 2. The van der Waals surface area contributed by atoms with Crippen molar-refractivity contribution in [2.45, 2.75) is 26.8 Å². The van der Waals surface area contributed by atoms with E-state index in [-0.39, 0.29) is 5.78 Å². The quantitative estimate of drug-likeness (QED) is 0.689. The summed E-state index contributed by atoms with van der Waals surface area (Å²) < 4.78 is 5.96. The second-order valence-electron chi connectivity index (χ2n) is 5.57. The predicted molar refractivity (Wildman–Crippen MR) is 94.2 cm³/mol. The van der Waals surface area contributed by atoms with Crippen molar-refractivity contribution in [1.29, 1.82) is 0 Å². The molecule has 2 rings (SSSR count). The van der Waals surface area contributed by atoms with Crippen LogP contribution in [0.2, 0.25) is 0 Å². The van der Waals surface area contributed by atoms with Gasteiger partial charge in [-0.2, -0.15) is 0 Å². The van der Waals surface area contributed by atoms with Crippen LogP contribution in [0.4, 0.5) is 0 Å². The molecule has 0 heterocycles. The Labute approximate surface area is 138 Å². The van der Waals surface area contributed by atoms with Crippen molar-refractivity contribution in [3.05, 3.63) is 65.7 Å². The minimum absolute atomic E-state index is 0.00306. The lowest BCUT2D eigenvalue weighted by Crippen LogP contribution is -2.37. The second-order valence-corrected chi connectivity index (χ2v) is 5.57. The molecule has 0 saturated carbocycles. The molecule has 0 aromatic heterocycles. The lowest BCUT2D eigenvalue weighted by molar-refractivity contribution is 0.103. The van der Waals surface area contributed by atoms with Gasteiger partial charge in [0, 0.05) is 11.6 Å². The van der Waals surface area contributed by atoms with E-state index < -0.39 is 0 Å². The van der Waals surface area contributed by atoms with Crippen LogP contribution in [0.15, 0.2) is 54.6 Å². The summed E-state index contributed by atoms with van der Waals surface area (Å²) in [6.07, 6.45) is 0. The Morgan fingerprint density at radius 2 is 1.61 bits per heavy atom. The molecule has 0 aliphatic heterocycles. The fourth-order valence-electron chi connectivity index (χ4n) is 2.69. The molecule has 3 nitrogen and oxygen atoms in total. The van der Waals surface area contributed by atoms with Gasteiger partial charge in [0.15, 0.2) is 5.78 Å². The monoisotopic (exact) mass is 311 g/mol. The van der Waals surface area contributed by atoms with Crippen molar-refractivity contribution in [2.75, 3.05) is 19.7 Å². The average molecular weight is 311 g/mol. The Balaban J connectivity index is 2.13. The molecular formula is C20H25NO2. The van der Waals surface area contributed by atoms with Crippen LogP contribution in [0.25, 0.3) is 0 Å². The van der Waals surface area contributed by atoms with Crippen molar-refractivity contribution in [1.82, 2.24) is 4.90 Å². The Bertz CT molecular complexity index is 621. The normalized spacial score (nSPS) is 12.2. The molecule has 3 heteroatoms. The Morgan fingerprint density at radius 1 is 1.00 bits per heavy atom. The van der Waals surface area contributed by atoms with Crippen LogP contribution >= 0.6 is 0 Å². The Morgan fingerprint density at radius 3 is 2.26 bits per heavy atom. The number of ketones is 1. The van der Waals surface area contributed by atoms with Gasteiger partial charge in [-0.05, 0) is 32.1 Å². The summed E-state index contributed by atoms with van der Waals surface area (Å²) in [5.74, 6) is 0.650. The molecule has 0 radical (unpaired) electrons. The van der Waals surface area contributed by atoms with Crippen LogP contribution in [-0.4, -0.2) is 36.4 Å². The molecular weight excluding hydrogens is 286 g/mol. The van der Waals surface area contributed by atoms with Crippen molar-refractivity contribution >= 4 is 5.78 Å². The minimum Gasteiger partial charge on any atom is -0.491 e. The summed E-state index contributed by atoms with van der Waals surface area (Å²) in [4.78, 5) is 15.0. The summed E-state index contributed by atoms with van der Waals surface area (Å²) in [5, 5.41) is 0. The Kier molecular flexibility index (Phi) is 6.36.